The smallest absolute Gasteiger partial charge is 0.225 e. The molecule has 0 spiro atoms. The predicted molar refractivity (Wildman–Crippen MR) is 104 cm³/mol. The van der Waals surface area contributed by atoms with Gasteiger partial charge in [-0.15, -0.1) is 0 Å². The second kappa shape index (κ2) is 7.20. The van der Waals surface area contributed by atoms with Crippen molar-refractivity contribution >= 4 is 23.3 Å². The fraction of sp³-hybridized carbons (Fsp3) is 0.273. The maximum absolute atomic E-state index is 13.1. The summed E-state index contributed by atoms with van der Waals surface area (Å²) in [5.41, 5.74) is 3.35. The molecule has 27 heavy (non-hydrogen) atoms. The normalized spacial score (nSPS) is 22.3. The summed E-state index contributed by atoms with van der Waals surface area (Å²) in [6, 6.07) is 15.2. The molecular weight excluding hydrogens is 362 g/mol. The summed E-state index contributed by atoms with van der Waals surface area (Å²) < 4.78 is 5.31. The number of halogens is 1. The number of benzene rings is 2. The molecule has 1 aliphatic carbocycles. The van der Waals surface area contributed by atoms with Crippen LogP contribution in [0.1, 0.15) is 42.2 Å². The number of carbonyl (C=O) groups is 2. The molecule has 2 atom stereocenters. The van der Waals surface area contributed by atoms with Crippen molar-refractivity contribution in [3.8, 4) is 5.75 Å². The molecule has 1 N–H and O–H groups in total. The van der Waals surface area contributed by atoms with Crippen LogP contribution >= 0.6 is 11.6 Å². The average Bonchev–Trinajstić information content (AvgIpc) is 2.67. The second-order valence-corrected chi connectivity index (χ2v) is 7.43. The highest BCUT2D eigenvalue weighted by Gasteiger charge is 2.38. The van der Waals surface area contributed by atoms with E-state index in [1.165, 1.54) is 0 Å². The first kappa shape index (κ1) is 17.8. The largest absolute Gasteiger partial charge is 0.497 e. The van der Waals surface area contributed by atoms with Gasteiger partial charge in [0.25, 0.3) is 0 Å². The molecule has 2 aliphatic rings. The lowest BCUT2D eigenvalue weighted by atomic mass is 9.73. The van der Waals surface area contributed by atoms with E-state index in [-0.39, 0.29) is 29.9 Å². The first-order valence-corrected chi connectivity index (χ1v) is 9.39. The van der Waals surface area contributed by atoms with Gasteiger partial charge in [-0.3, -0.25) is 9.59 Å². The number of allylic oxidation sites excluding steroid dienone is 2. The highest BCUT2D eigenvalue weighted by molar-refractivity contribution is 6.31. The van der Waals surface area contributed by atoms with Crippen molar-refractivity contribution in [1.82, 2.24) is 5.32 Å². The number of hydrogen-bond donors (Lipinski definition) is 1. The van der Waals surface area contributed by atoms with Crippen molar-refractivity contribution in [2.24, 2.45) is 0 Å². The highest BCUT2D eigenvalue weighted by atomic mass is 35.5. The highest BCUT2D eigenvalue weighted by Crippen LogP contribution is 2.44. The minimum atomic E-state index is -0.233. The zero-order valence-corrected chi connectivity index (χ0v) is 15.8. The molecule has 0 fully saturated rings. The third-order valence-corrected chi connectivity index (χ3v) is 5.72. The summed E-state index contributed by atoms with van der Waals surface area (Å²) in [5, 5.41) is 3.60. The number of methoxy groups -OCH3 is 1. The average molecular weight is 382 g/mol. The molecule has 4 nitrogen and oxygen atoms in total. The molecule has 0 unspecified atom stereocenters. The molecule has 1 amide bonds. The molecule has 0 radical (unpaired) electrons. The fourth-order valence-corrected chi connectivity index (χ4v) is 4.42. The zero-order chi connectivity index (χ0) is 19.0. The van der Waals surface area contributed by atoms with Crippen LogP contribution in [0.25, 0.3) is 0 Å². The van der Waals surface area contributed by atoms with E-state index in [1.54, 1.807) is 7.11 Å². The number of Topliss-reactive ketones (excluding diaryl/α,β-unsaturated/α-hetero) is 1. The van der Waals surface area contributed by atoms with Gasteiger partial charge in [0.05, 0.1) is 7.11 Å². The Bertz CT molecular complexity index is 950. The summed E-state index contributed by atoms with van der Waals surface area (Å²) in [4.78, 5) is 25.4. The third-order valence-electron chi connectivity index (χ3n) is 5.38. The number of amides is 1. The minimum Gasteiger partial charge on any atom is -0.497 e. The Hall–Kier alpha value is -2.59. The molecule has 2 aromatic rings. The van der Waals surface area contributed by atoms with Crippen LogP contribution in [0.5, 0.6) is 5.75 Å². The van der Waals surface area contributed by atoms with Gasteiger partial charge in [0, 0.05) is 35.1 Å². The maximum Gasteiger partial charge on any atom is 0.225 e. The molecule has 2 aromatic carbocycles. The van der Waals surface area contributed by atoms with Gasteiger partial charge < -0.3 is 10.1 Å². The van der Waals surface area contributed by atoms with Gasteiger partial charge in [-0.1, -0.05) is 41.9 Å². The topological polar surface area (TPSA) is 55.4 Å². The first-order chi connectivity index (χ1) is 13.1. The number of carbonyl (C=O) groups excluding carboxylic acids is 2. The van der Waals surface area contributed by atoms with Crippen LogP contribution in [0.15, 0.2) is 59.8 Å². The van der Waals surface area contributed by atoms with Crippen LogP contribution in [0.3, 0.4) is 0 Å². The van der Waals surface area contributed by atoms with Crippen molar-refractivity contribution in [3.05, 3.63) is 76.0 Å². The van der Waals surface area contributed by atoms with Gasteiger partial charge in [0.2, 0.25) is 5.91 Å². The van der Waals surface area contributed by atoms with Gasteiger partial charge in [0.15, 0.2) is 5.78 Å². The summed E-state index contributed by atoms with van der Waals surface area (Å²) in [5.74, 6) is 0.485. The zero-order valence-electron chi connectivity index (χ0n) is 15.0. The van der Waals surface area contributed by atoms with Crippen molar-refractivity contribution in [3.63, 3.8) is 0 Å². The number of ether oxygens (including phenoxy) is 1. The SMILES string of the molecule is COc1cccc([C@@H]2CC(=O)NC3=C2C(=O)C[C@@H](c2ccccc2Cl)C3)c1. The van der Waals surface area contributed by atoms with E-state index in [0.717, 1.165) is 28.1 Å². The lowest BCUT2D eigenvalue weighted by Gasteiger charge is -2.34. The molecule has 5 heteroatoms. The van der Waals surface area contributed by atoms with Crippen LogP contribution in [0.4, 0.5) is 0 Å². The quantitative estimate of drug-likeness (QED) is 0.859. The lowest BCUT2D eigenvalue weighted by Crippen LogP contribution is -2.38. The van der Waals surface area contributed by atoms with Crippen LogP contribution in [0.2, 0.25) is 5.02 Å². The Balaban J connectivity index is 1.73. The van der Waals surface area contributed by atoms with E-state index < -0.39 is 0 Å². The molecule has 1 heterocycles. The standard InChI is InChI=1S/C22H20ClNO3/c1-27-15-6-4-5-13(9-15)17-12-21(26)24-19-10-14(11-20(25)22(17)19)16-7-2-3-8-18(16)23/h2-9,14,17H,10-12H2,1H3,(H,24,26)/t14-,17-/m0/s1. The van der Waals surface area contributed by atoms with Gasteiger partial charge in [0.1, 0.15) is 5.75 Å². The van der Waals surface area contributed by atoms with Crippen LogP contribution in [-0.2, 0) is 9.59 Å². The van der Waals surface area contributed by atoms with E-state index in [2.05, 4.69) is 5.32 Å². The molecule has 4 rings (SSSR count). The number of nitrogens with one attached hydrogen (secondary N) is 1. The minimum absolute atomic E-state index is 0.0192. The summed E-state index contributed by atoms with van der Waals surface area (Å²) in [6.45, 7) is 0. The first-order valence-electron chi connectivity index (χ1n) is 9.01. The van der Waals surface area contributed by atoms with Crippen molar-refractivity contribution in [1.29, 1.82) is 0 Å². The Morgan fingerprint density at radius 1 is 1.04 bits per heavy atom. The molecule has 138 valence electrons. The van der Waals surface area contributed by atoms with Gasteiger partial charge in [-0.25, -0.2) is 0 Å². The van der Waals surface area contributed by atoms with Crippen LogP contribution in [0, 0.1) is 0 Å². The van der Waals surface area contributed by atoms with Gasteiger partial charge in [-0.2, -0.15) is 0 Å². The molecule has 1 aliphatic heterocycles. The maximum atomic E-state index is 13.1. The Morgan fingerprint density at radius 3 is 2.63 bits per heavy atom. The van der Waals surface area contributed by atoms with Crippen molar-refractivity contribution in [2.75, 3.05) is 7.11 Å². The van der Waals surface area contributed by atoms with E-state index in [9.17, 15) is 9.59 Å². The molecule has 0 saturated heterocycles. The Morgan fingerprint density at radius 2 is 1.85 bits per heavy atom. The van der Waals surface area contributed by atoms with Crippen LogP contribution in [-0.4, -0.2) is 18.8 Å². The number of hydrogen-bond acceptors (Lipinski definition) is 3. The van der Waals surface area contributed by atoms with Gasteiger partial charge in [-0.05, 0) is 41.7 Å². The van der Waals surface area contributed by atoms with E-state index in [1.807, 2.05) is 48.5 Å². The van der Waals surface area contributed by atoms with Crippen LogP contribution < -0.4 is 10.1 Å². The van der Waals surface area contributed by atoms with Gasteiger partial charge >= 0.3 is 0 Å². The lowest BCUT2D eigenvalue weighted by molar-refractivity contribution is -0.122. The Labute approximate surface area is 163 Å². The number of rotatable bonds is 3. The second-order valence-electron chi connectivity index (χ2n) is 7.02. The van der Waals surface area contributed by atoms with E-state index in [4.69, 9.17) is 16.3 Å². The summed E-state index contributed by atoms with van der Waals surface area (Å²) >= 11 is 6.34. The molecular formula is C22H20ClNO3. The summed E-state index contributed by atoms with van der Waals surface area (Å²) in [6.07, 6.45) is 1.28. The van der Waals surface area contributed by atoms with Crippen molar-refractivity contribution in [2.45, 2.75) is 31.1 Å². The van der Waals surface area contributed by atoms with Crippen molar-refractivity contribution < 1.29 is 14.3 Å². The van der Waals surface area contributed by atoms with E-state index in [0.29, 0.717) is 17.9 Å². The van der Waals surface area contributed by atoms with E-state index >= 15 is 0 Å². The third kappa shape index (κ3) is 3.37. The molecule has 0 saturated carbocycles. The monoisotopic (exact) mass is 381 g/mol. The molecule has 0 bridgehead atoms. The molecule has 0 aromatic heterocycles. The predicted octanol–water partition coefficient (Wildman–Crippen LogP) is 4.35. The number of ketones is 1. The fourth-order valence-electron chi connectivity index (χ4n) is 4.13. The summed E-state index contributed by atoms with van der Waals surface area (Å²) in [7, 11) is 1.61. The Kier molecular flexibility index (Phi) is 4.75.